The number of benzene rings is 1. The van der Waals surface area contributed by atoms with Gasteiger partial charge in [-0.2, -0.15) is 0 Å². The standard InChI is InChI=1S/C12H9NO2/c1-2-10(14)9-7-6-8-4-3-5-11(15)12(8)13-9/h2-7,15H,1H2. The lowest BCUT2D eigenvalue weighted by atomic mass is 10.1. The number of rotatable bonds is 2. The molecule has 0 spiro atoms. The number of hydrogen-bond donors (Lipinski definition) is 1. The summed E-state index contributed by atoms with van der Waals surface area (Å²) < 4.78 is 0. The van der Waals surface area contributed by atoms with Gasteiger partial charge in [0.05, 0.1) is 0 Å². The molecule has 0 fully saturated rings. The number of pyridine rings is 1. The Morgan fingerprint density at radius 1 is 1.33 bits per heavy atom. The minimum absolute atomic E-state index is 0.0752. The van der Waals surface area contributed by atoms with Gasteiger partial charge in [-0.25, -0.2) is 4.98 Å². The molecule has 0 saturated carbocycles. The van der Waals surface area contributed by atoms with Crippen molar-refractivity contribution in [1.29, 1.82) is 0 Å². The first kappa shape index (κ1) is 9.40. The number of ketones is 1. The van der Waals surface area contributed by atoms with Crippen LogP contribution in [0.4, 0.5) is 0 Å². The summed E-state index contributed by atoms with van der Waals surface area (Å²) in [6.45, 7) is 3.39. The molecule has 0 unspecified atom stereocenters. The van der Waals surface area contributed by atoms with Crippen molar-refractivity contribution >= 4 is 16.7 Å². The SMILES string of the molecule is C=CC(=O)c1ccc2cccc(O)c2n1. The highest BCUT2D eigenvalue weighted by Gasteiger charge is 2.06. The number of hydrogen-bond acceptors (Lipinski definition) is 3. The molecule has 0 aliphatic heterocycles. The van der Waals surface area contributed by atoms with Gasteiger partial charge in [-0.05, 0) is 18.2 Å². The Labute approximate surface area is 86.7 Å². The number of nitrogens with zero attached hydrogens (tertiary/aromatic N) is 1. The first-order chi connectivity index (χ1) is 7.22. The molecular weight excluding hydrogens is 190 g/mol. The molecule has 74 valence electrons. The summed E-state index contributed by atoms with van der Waals surface area (Å²) in [7, 11) is 0. The van der Waals surface area contributed by atoms with Crippen LogP contribution in [0.2, 0.25) is 0 Å². The summed E-state index contributed by atoms with van der Waals surface area (Å²) in [5.74, 6) is -0.175. The maximum atomic E-state index is 11.3. The Morgan fingerprint density at radius 3 is 2.87 bits per heavy atom. The molecule has 0 bridgehead atoms. The van der Waals surface area contributed by atoms with Crippen LogP contribution in [0.3, 0.4) is 0 Å². The second kappa shape index (κ2) is 3.53. The summed E-state index contributed by atoms with van der Waals surface area (Å²) >= 11 is 0. The number of allylic oxidation sites excluding steroid dienone is 1. The van der Waals surface area contributed by atoms with Crippen LogP contribution in [-0.4, -0.2) is 15.9 Å². The fraction of sp³-hybridized carbons (Fsp3) is 0. The first-order valence-electron chi connectivity index (χ1n) is 4.48. The number of carbonyl (C=O) groups excluding carboxylic acids is 1. The van der Waals surface area contributed by atoms with Gasteiger partial charge < -0.3 is 5.11 Å². The monoisotopic (exact) mass is 199 g/mol. The zero-order valence-corrected chi connectivity index (χ0v) is 7.97. The average Bonchev–Trinajstić information content (AvgIpc) is 2.28. The van der Waals surface area contributed by atoms with Crippen LogP contribution in [0.15, 0.2) is 43.0 Å². The molecule has 3 heteroatoms. The van der Waals surface area contributed by atoms with Crippen LogP contribution in [0, 0.1) is 0 Å². The van der Waals surface area contributed by atoms with Crippen LogP contribution in [-0.2, 0) is 0 Å². The lowest BCUT2D eigenvalue weighted by Gasteiger charge is -2.01. The first-order valence-corrected chi connectivity index (χ1v) is 4.48. The molecule has 2 aromatic rings. The van der Waals surface area contributed by atoms with E-state index < -0.39 is 0 Å². The molecule has 15 heavy (non-hydrogen) atoms. The zero-order valence-electron chi connectivity index (χ0n) is 7.97. The second-order valence-electron chi connectivity index (χ2n) is 3.11. The van der Waals surface area contributed by atoms with Crippen molar-refractivity contribution in [2.45, 2.75) is 0 Å². The predicted octanol–water partition coefficient (Wildman–Crippen LogP) is 2.31. The van der Waals surface area contributed by atoms with Crippen molar-refractivity contribution in [2.75, 3.05) is 0 Å². The van der Waals surface area contributed by atoms with E-state index in [-0.39, 0.29) is 11.5 Å². The highest BCUT2D eigenvalue weighted by molar-refractivity contribution is 6.04. The maximum absolute atomic E-state index is 11.3. The largest absolute Gasteiger partial charge is 0.506 e. The molecule has 0 aliphatic rings. The summed E-state index contributed by atoms with van der Waals surface area (Å²) in [4.78, 5) is 15.4. The van der Waals surface area contributed by atoms with Gasteiger partial charge in [0.25, 0.3) is 0 Å². The fourth-order valence-electron chi connectivity index (χ4n) is 1.37. The van der Waals surface area contributed by atoms with Crippen molar-refractivity contribution in [1.82, 2.24) is 4.98 Å². The summed E-state index contributed by atoms with van der Waals surface area (Å²) in [6.07, 6.45) is 1.20. The molecule has 0 radical (unpaired) electrons. The number of carbonyl (C=O) groups is 1. The van der Waals surface area contributed by atoms with E-state index in [1.807, 2.05) is 6.07 Å². The smallest absolute Gasteiger partial charge is 0.203 e. The van der Waals surface area contributed by atoms with Gasteiger partial charge in [0.15, 0.2) is 0 Å². The van der Waals surface area contributed by atoms with Crippen molar-refractivity contribution in [2.24, 2.45) is 0 Å². The molecule has 0 atom stereocenters. The highest BCUT2D eigenvalue weighted by atomic mass is 16.3. The van der Waals surface area contributed by atoms with Crippen LogP contribution >= 0.6 is 0 Å². The lowest BCUT2D eigenvalue weighted by molar-refractivity contribution is 0.104. The molecule has 0 aliphatic carbocycles. The molecule has 1 N–H and O–H groups in total. The predicted molar refractivity (Wildman–Crippen MR) is 57.9 cm³/mol. The van der Waals surface area contributed by atoms with E-state index in [0.717, 1.165) is 5.39 Å². The van der Waals surface area contributed by atoms with E-state index in [1.165, 1.54) is 12.1 Å². The number of phenolic OH excluding ortho intramolecular Hbond substituents is 1. The van der Waals surface area contributed by atoms with Crippen LogP contribution in [0.25, 0.3) is 10.9 Å². The Morgan fingerprint density at radius 2 is 2.13 bits per heavy atom. The third-order valence-electron chi connectivity index (χ3n) is 2.14. The van der Waals surface area contributed by atoms with Crippen LogP contribution in [0.5, 0.6) is 5.75 Å². The number of fused-ring (bicyclic) bond motifs is 1. The summed E-state index contributed by atoms with van der Waals surface area (Å²) in [5.41, 5.74) is 0.726. The number of aromatic hydroxyl groups is 1. The molecule has 1 heterocycles. The second-order valence-corrected chi connectivity index (χ2v) is 3.11. The van der Waals surface area contributed by atoms with Gasteiger partial charge in [0.2, 0.25) is 5.78 Å². The van der Waals surface area contributed by atoms with Crippen molar-refractivity contribution < 1.29 is 9.90 Å². The van der Waals surface area contributed by atoms with E-state index in [1.54, 1.807) is 18.2 Å². The van der Waals surface area contributed by atoms with Gasteiger partial charge in [-0.15, -0.1) is 0 Å². The number of aromatic nitrogens is 1. The van der Waals surface area contributed by atoms with Crippen LogP contribution in [0.1, 0.15) is 10.5 Å². The minimum Gasteiger partial charge on any atom is -0.506 e. The third kappa shape index (κ3) is 1.59. The van der Waals surface area contributed by atoms with E-state index in [0.29, 0.717) is 11.2 Å². The Kier molecular flexibility index (Phi) is 2.21. The van der Waals surface area contributed by atoms with E-state index in [2.05, 4.69) is 11.6 Å². The van der Waals surface area contributed by atoms with Crippen molar-refractivity contribution in [3.05, 3.63) is 48.7 Å². The zero-order chi connectivity index (χ0) is 10.8. The number of phenols is 1. The van der Waals surface area contributed by atoms with E-state index in [9.17, 15) is 9.90 Å². The number of para-hydroxylation sites is 1. The lowest BCUT2D eigenvalue weighted by Crippen LogP contribution is -1.97. The normalized spacial score (nSPS) is 10.1. The fourth-order valence-corrected chi connectivity index (χ4v) is 1.37. The van der Waals surface area contributed by atoms with E-state index >= 15 is 0 Å². The third-order valence-corrected chi connectivity index (χ3v) is 2.14. The van der Waals surface area contributed by atoms with Gasteiger partial charge in [-0.1, -0.05) is 24.8 Å². The molecule has 1 aromatic carbocycles. The molecule has 2 rings (SSSR count). The van der Waals surface area contributed by atoms with Gasteiger partial charge in [-0.3, -0.25) is 4.79 Å². The quantitative estimate of drug-likeness (QED) is 0.596. The van der Waals surface area contributed by atoms with Crippen LogP contribution < -0.4 is 0 Å². The van der Waals surface area contributed by atoms with Gasteiger partial charge in [0.1, 0.15) is 17.0 Å². The Balaban J connectivity index is 2.69. The Bertz CT molecular complexity index is 546. The van der Waals surface area contributed by atoms with Gasteiger partial charge >= 0.3 is 0 Å². The minimum atomic E-state index is -0.250. The summed E-state index contributed by atoms with van der Waals surface area (Å²) in [6, 6.07) is 8.46. The topological polar surface area (TPSA) is 50.2 Å². The molecule has 0 saturated heterocycles. The average molecular weight is 199 g/mol. The van der Waals surface area contributed by atoms with Gasteiger partial charge in [0, 0.05) is 5.39 Å². The van der Waals surface area contributed by atoms with Crippen molar-refractivity contribution in [3.63, 3.8) is 0 Å². The molecular formula is C12H9NO2. The van der Waals surface area contributed by atoms with Crippen molar-refractivity contribution in [3.8, 4) is 5.75 Å². The van der Waals surface area contributed by atoms with E-state index in [4.69, 9.17) is 0 Å². The summed E-state index contributed by atoms with van der Waals surface area (Å²) in [5, 5.41) is 10.4. The Hall–Kier alpha value is -2.16. The maximum Gasteiger partial charge on any atom is 0.203 e. The molecule has 3 nitrogen and oxygen atoms in total. The molecule has 0 amide bonds. The highest BCUT2D eigenvalue weighted by Crippen LogP contribution is 2.22. The molecule has 1 aromatic heterocycles.